The van der Waals surface area contributed by atoms with Crippen LogP contribution in [-0.2, 0) is 6.42 Å². The van der Waals surface area contributed by atoms with E-state index < -0.39 is 0 Å². The Morgan fingerprint density at radius 2 is 1.84 bits per heavy atom. The zero-order valence-corrected chi connectivity index (χ0v) is 12.3. The van der Waals surface area contributed by atoms with Crippen molar-refractivity contribution in [1.82, 2.24) is 5.32 Å². The Morgan fingerprint density at radius 1 is 1.16 bits per heavy atom. The van der Waals surface area contributed by atoms with Gasteiger partial charge in [-0.3, -0.25) is 0 Å². The monoisotopic (exact) mass is 261 g/mol. The Kier molecular flexibility index (Phi) is 5.71. The maximum atomic E-state index is 5.23. The quantitative estimate of drug-likeness (QED) is 0.844. The topological polar surface area (TPSA) is 21.3 Å². The van der Waals surface area contributed by atoms with Gasteiger partial charge in [0.05, 0.1) is 7.11 Å². The Morgan fingerprint density at radius 3 is 2.42 bits per heavy atom. The van der Waals surface area contributed by atoms with Crippen molar-refractivity contribution in [2.75, 3.05) is 20.7 Å². The molecule has 1 aliphatic carbocycles. The van der Waals surface area contributed by atoms with Crippen LogP contribution in [0.1, 0.15) is 37.7 Å². The first kappa shape index (κ1) is 14.4. The van der Waals surface area contributed by atoms with E-state index in [0.717, 1.165) is 24.1 Å². The van der Waals surface area contributed by atoms with Crippen LogP contribution < -0.4 is 10.1 Å². The predicted molar refractivity (Wildman–Crippen MR) is 80.7 cm³/mol. The molecule has 0 aliphatic heterocycles. The van der Waals surface area contributed by atoms with Crippen molar-refractivity contribution in [2.45, 2.75) is 38.5 Å². The van der Waals surface area contributed by atoms with Crippen LogP contribution in [0.2, 0.25) is 0 Å². The highest BCUT2D eigenvalue weighted by atomic mass is 16.5. The molecule has 19 heavy (non-hydrogen) atoms. The van der Waals surface area contributed by atoms with Crippen molar-refractivity contribution in [3.63, 3.8) is 0 Å². The second-order valence-corrected chi connectivity index (χ2v) is 5.77. The van der Waals surface area contributed by atoms with Gasteiger partial charge in [0, 0.05) is 0 Å². The maximum absolute atomic E-state index is 5.23. The highest BCUT2D eigenvalue weighted by molar-refractivity contribution is 5.27. The van der Waals surface area contributed by atoms with Gasteiger partial charge in [0.15, 0.2) is 0 Å². The van der Waals surface area contributed by atoms with Crippen molar-refractivity contribution in [3.05, 3.63) is 29.8 Å². The standard InChI is InChI=1S/C17H27NO/c1-18-13-16(15-6-4-3-5-7-15)12-14-8-10-17(19-2)11-9-14/h8-11,15-16,18H,3-7,12-13H2,1-2H3. The van der Waals surface area contributed by atoms with Crippen molar-refractivity contribution in [2.24, 2.45) is 11.8 Å². The number of methoxy groups -OCH3 is 1. The molecular weight excluding hydrogens is 234 g/mol. The first-order chi connectivity index (χ1) is 9.33. The average molecular weight is 261 g/mol. The third-order valence-corrected chi connectivity index (χ3v) is 4.44. The SMILES string of the molecule is CNCC(Cc1ccc(OC)cc1)C1CCCCC1. The fourth-order valence-corrected chi connectivity index (χ4v) is 3.34. The van der Waals surface area contributed by atoms with Crippen molar-refractivity contribution in [1.29, 1.82) is 0 Å². The largest absolute Gasteiger partial charge is 0.497 e. The van der Waals surface area contributed by atoms with Crippen LogP contribution in [0.15, 0.2) is 24.3 Å². The molecule has 1 fully saturated rings. The minimum absolute atomic E-state index is 0.777. The minimum Gasteiger partial charge on any atom is -0.497 e. The van der Waals surface area contributed by atoms with Gasteiger partial charge in [0.25, 0.3) is 0 Å². The molecule has 0 radical (unpaired) electrons. The van der Waals surface area contributed by atoms with Crippen LogP contribution in [0.25, 0.3) is 0 Å². The molecule has 0 spiro atoms. The van der Waals surface area contributed by atoms with Gasteiger partial charge < -0.3 is 10.1 Å². The number of nitrogens with one attached hydrogen (secondary N) is 1. The molecule has 2 nitrogen and oxygen atoms in total. The fraction of sp³-hybridized carbons (Fsp3) is 0.647. The molecular formula is C17H27NO. The summed E-state index contributed by atoms with van der Waals surface area (Å²) < 4.78 is 5.23. The van der Waals surface area contributed by atoms with Crippen LogP contribution in [0.5, 0.6) is 5.75 Å². The summed E-state index contributed by atoms with van der Waals surface area (Å²) in [6.07, 6.45) is 8.31. The summed E-state index contributed by atoms with van der Waals surface area (Å²) in [5.74, 6) is 2.63. The molecule has 2 heteroatoms. The number of ether oxygens (including phenoxy) is 1. The lowest BCUT2D eigenvalue weighted by molar-refractivity contribution is 0.243. The van der Waals surface area contributed by atoms with E-state index >= 15 is 0 Å². The number of hydrogen-bond acceptors (Lipinski definition) is 2. The average Bonchev–Trinajstić information content (AvgIpc) is 2.48. The summed E-state index contributed by atoms with van der Waals surface area (Å²) in [4.78, 5) is 0. The van der Waals surface area contributed by atoms with Crippen LogP contribution in [-0.4, -0.2) is 20.7 Å². The minimum atomic E-state index is 0.777. The van der Waals surface area contributed by atoms with Gasteiger partial charge in [-0.15, -0.1) is 0 Å². The van der Waals surface area contributed by atoms with E-state index in [1.807, 2.05) is 0 Å². The van der Waals surface area contributed by atoms with E-state index in [1.54, 1.807) is 7.11 Å². The van der Waals surface area contributed by atoms with Crippen molar-refractivity contribution >= 4 is 0 Å². The van der Waals surface area contributed by atoms with E-state index in [9.17, 15) is 0 Å². The molecule has 1 aromatic rings. The number of hydrogen-bond donors (Lipinski definition) is 1. The van der Waals surface area contributed by atoms with Gasteiger partial charge in [0.1, 0.15) is 5.75 Å². The lowest BCUT2D eigenvalue weighted by atomic mass is 9.77. The molecule has 0 amide bonds. The van der Waals surface area contributed by atoms with Crippen LogP contribution in [0, 0.1) is 11.8 Å². The van der Waals surface area contributed by atoms with Crippen molar-refractivity contribution in [3.8, 4) is 5.75 Å². The summed E-state index contributed by atoms with van der Waals surface area (Å²) in [5.41, 5.74) is 1.44. The molecule has 1 saturated carbocycles. The molecule has 0 bridgehead atoms. The van der Waals surface area contributed by atoms with Gasteiger partial charge >= 0.3 is 0 Å². The summed E-state index contributed by atoms with van der Waals surface area (Å²) in [5, 5.41) is 3.38. The van der Waals surface area contributed by atoms with E-state index in [-0.39, 0.29) is 0 Å². The number of rotatable bonds is 6. The van der Waals surface area contributed by atoms with E-state index in [2.05, 4.69) is 36.6 Å². The third-order valence-electron chi connectivity index (χ3n) is 4.44. The molecule has 1 atom stereocenters. The molecule has 106 valence electrons. The molecule has 1 aliphatic rings. The lowest BCUT2D eigenvalue weighted by Gasteiger charge is -2.30. The second kappa shape index (κ2) is 7.54. The summed E-state index contributed by atoms with van der Waals surface area (Å²) in [7, 11) is 3.80. The maximum Gasteiger partial charge on any atom is 0.118 e. The van der Waals surface area contributed by atoms with Gasteiger partial charge in [-0.05, 0) is 49.5 Å². The Labute approximate surface area is 117 Å². The van der Waals surface area contributed by atoms with Gasteiger partial charge in [-0.25, -0.2) is 0 Å². The van der Waals surface area contributed by atoms with Gasteiger partial charge in [-0.2, -0.15) is 0 Å². The molecule has 0 saturated heterocycles. The molecule has 1 aromatic carbocycles. The van der Waals surface area contributed by atoms with Crippen LogP contribution >= 0.6 is 0 Å². The Balaban J connectivity index is 1.97. The first-order valence-corrected chi connectivity index (χ1v) is 7.61. The Hall–Kier alpha value is -1.02. The third kappa shape index (κ3) is 4.24. The molecule has 2 rings (SSSR count). The first-order valence-electron chi connectivity index (χ1n) is 7.61. The predicted octanol–water partition coefficient (Wildman–Crippen LogP) is 3.65. The Bertz CT molecular complexity index is 354. The van der Waals surface area contributed by atoms with E-state index in [1.165, 1.54) is 44.1 Å². The molecule has 0 aromatic heterocycles. The smallest absolute Gasteiger partial charge is 0.118 e. The summed E-state index contributed by atoms with van der Waals surface area (Å²) in [6, 6.07) is 8.58. The number of benzene rings is 1. The normalized spacial score (nSPS) is 18.2. The second-order valence-electron chi connectivity index (χ2n) is 5.77. The summed E-state index contributed by atoms with van der Waals surface area (Å²) in [6.45, 7) is 1.14. The lowest BCUT2D eigenvalue weighted by Crippen LogP contribution is -2.29. The molecule has 1 N–H and O–H groups in total. The van der Waals surface area contributed by atoms with Crippen LogP contribution in [0.4, 0.5) is 0 Å². The zero-order chi connectivity index (χ0) is 13.5. The molecule has 0 heterocycles. The van der Waals surface area contributed by atoms with E-state index in [0.29, 0.717) is 0 Å². The fourth-order valence-electron chi connectivity index (χ4n) is 3.34. The zero-order valence-electron chi connectivity index (χ0n) is 12.3. The van der Waals surface area contributed by atoms with Gasteiger partial charge in [-0.1, -0.05) is 44.2 Å². The highest BCUT2D eigenvalue weighted by Crippen LogP contribution is 2.31. The molecule has 1 unspecified atom stereocenters. The van der Waals surface area contributed by atoms with Gasteiger partial charge in [0.2, 0.25) is 0 Å². The van der Waals surface area contributed by atoms with Crippen LogP contribution in [0.3, 0.4) is 0 Å². The highest BCUT2D eigenvalue weighted by Gasteiger charge is 2.23. The summed E-state index contributed by atoms with van der Waals surface area (Å²) >= 11 is 0. The van der Waals surface area contributed by atoms with Crippen molar-refractivity contribution < 1.29 is 4.74 Å². The van der Waals surface area contributed by atoms with E-state index in [4.69, 9.17) is 4.74 Å².